The highest BCUT2D eigenvalue weighted by Crippen LogP contribution is 2.23. The summed E-state index contributed by atoms with van der Waals surface area (Å²) in [6.45, 7) is 7.15. The van der Waals surface area contributed by atoms with Crippen molar-refractivity contribution in [2.75, 3.05) is 13.2 Å². The molecule has 1 fully saturated rings. The van der Waals surface area contributed by atoms with Gasteiger partial charge in [-0.25, -0.2) is 13.1 Å². The lowest BCUT2D eigenvalue weighted by Gasteiger charge is -2.22. The molecular formula is C13H23N3O3S. The van der Waals surface area contributed by atoms with Crippen LogP contribution in [0, 0.1) is 0 Å². The molecule has 0 bridgehead atoms. The van der Waals surface area contributed by atoms with Gasteiger partial charge in [-0.1, -0.05) is 0 Å². The summed E-state index contributed by atoms with van der Waals surface area (Å²) in [4.78, 5) is 0.264. The minimum Gasteiger partial charge on any atom is -0.379 e. The molecule has 2 heterocycles. The van der Waals surface area contributed by atoms with Crippen molar-refractivity contribution in [1.82, 2.24) is 9.29 Å². The molecule has 6 nitrogen and oxygen atoms in total. The van der Waals surface area contributed by atoms with E-state index in [4.69, 9.17) is 10.5 Å². The summed E-state index contributed by atoms with van der Waals surface area (Å²) in [5.41, 5.74) is 5.97. The zero-order chi connectivity index (χ0) is 15.0. The first kappa shape index (κ1) is 15.5. The molecule has 0 saturated carbocycles. The molecule has 2 rings (SSSR count). The van der Waals surface area contributed by atoms with E-state index in [1.54, 1.807) is 12.3 Å². The van der Waals surface area contributed by atoms with Crippen molar-refractivity contribution < 1.29 is 13.2 Å². The maximum Gasteiger partial charge on any atom is 0.242 e. The fourth-order valence-electron chi connectivity index (χ4n) is 2.42. The van der Waals surface area contributed by atoms with E-state index in [-0.39, 0.29) is 10.9 Å². The molecule has 3 N–H and O–H groups in total. The average Bonchev–Trinajstić information content (AvgIpc) is 2.94. The Balaban J connectivity index is 2.30. The molecule has 20 heavy (non-hydrogen) atoms. The second-order valence-electron chi connectivity index (χ2n) is 5.84. The normalized spacial score (nSPS) is 23.6. The highest BCUT2D eigenvalue weighted by Gasteiger charge is 2.35. The van der Waals surface area contributed by atoms with Crippen molar-refractivity contribution >= 4 is 10.0 Å². The fraction of sp³-hybridized carbons (Fsp3) is 0.692. The standard InChI is InChI=1S/C13H23N3O3S/c1-10(2)16-8-12(6-11(16)7-14)20(17,18)15-13(3)4-5-19-9-13/h6,8,10,15H,4-5,7,9,14H2,1-3H3. The van der Waals surface area contributed by atoms with Crippen molar-refractivity contribution in [1.29, 1.82) is 0 Å². The molecule has 1 atom stereocenters. The van der Waals surface area contributed by atoms with Crippen LogP contribution in [0.4, 0.5) is 0 Å². The summed E-state index contributed by atoms with van der Waals surface area (Å²) in [6, 6.07) is 1.81. The highest BCUT2D eigenvalue weighted by atomic mass is 32.2. The van der Waals surface area contributed by atoms with Gasteiger partial charge in [-0.05, 0) is 33.3 Å². The smallest absolute Gasteiger partial charge is 0.242 e. The van der Waals surface area contributed by atoms with Gasteiger partial charge in [0, 0.05) is 31.1 Å². The van der Waals surface area contributed by atoms with Crippen molar-refractivity contribution in [2.24, 2.45) is 5.73 Å². The summed E-state index contributed by atoms with van der Waals surface area (Å²) < 4.78 is 34.9. The largest absolute Gasteiger partial charge is 0.379 e. The number of sulfonamides is 1. The zero-order valence-corrected chi connectivity index (χ0v) is 13.0. The van der Waals surface area contributed by atoms with E-state index in [1.165, 1.54) is 0 Å². The highest BCUT2D eigenvalue weighted by molar-refractivity contribution is 7.89. The van der Waals surface area contributed by atoms with Gasteiger partial charge in [-0.2, -0.15) is 0 Å². The van der Waals surface area contributed by atoms with E-state index in [0.29, 0.717) is 26.2 Å². The summed E-state index contributed by atoms with van der Waals surface area (Å²) in [7, 11) is -3.55. The lowest BCUT2D eigenvalue weighted by molar-refractivity contribution is 0.178. The Bertz CT molecular complexity index is 572. The Labute approximate surface area is 120 Å². The van der Waals surface area contributed by atoms with Crippen LogP contribution in [0.2, 0.25) is 0 Å². The molecule has 0 spiro atoms. The number of aromatic nitrogens is 1. The fourth-order valence-corrected chi connectivity index (χ4v) is 3.89. The topological polar surface area (TPSA) is 86.3 Å². The number of hydrogen-bond donors (Lipinski definition) is 2. The average molecular weight is 301 g/mol. The summed E-state index contributed by atoms with van der Waals surface area (Å²) in [5.74, 6) is 0. The predicted molar refractivity (Wildman–Crippen MR) is 76.9 cm³/mol. The Morgan fingerprint density at radius 1 is 1.55 bits per heavy atom. The predicted octanol–water partition coefficient (Wildman–Crippen LogP) is 0.985. The molecule has 0 aliphatic carbocycles. The monoisotopic (exact) mass is 301 g/mol. The van der Waals surface area contributed by atoms with Crippen LogP contribution < -0.4 is 10.5 Å². The second-order valence-corrected chi connectivity index (χ2v) is 7.52. The minimum atomic E-state index is -3.55. The van der Waals surface area contributed by atoms with E-state index >= 15 is 0 Å². The molecule has 1 aromatic heterocycles. The summed E-state index contributed by atoms with van der Waals surface area (Å²) >= 11 is 0. The third-order valence-electron chi connectivity index (χ3n) is 3.58. The van der Waals surface area contributed by atoms with Gasteiger partial charge in [0.1, 0.15) is 0 Å². The van der Waals surface area contributed by atoms with Crippen molar-refractivity contribution in [3.63, 3.8) is 0 Å². The van der Waals surface area contributed by atoms with Crippen LogP contribution in [0.15, 0.2) is 17.2 Å². The van der Waals surface area contributed by atoms with Crippen molar-refractivity contribution in [3.8, 4) is 0 Å². The molecule has 1 aliphatic heterocycles. The first-order valence-corrected chi connectivity index (χ1v) is 8.28. The Morgan fingerprint density at radius 3 is 2.70 bits per heavy atom. The first-order valence-electron chi connectivity index (χ1n) is 6.80. The van der Waals surface area contributed by atoms with Crippen LogP contribution in [0.5, 0.6) is 0 Å². The number of nitrogens with one attached hydrogen (secondary N) is 1. The Morgan fingerprint density at radius 2 is 2.25 bits per heavy atom. The van der Waals surface area contributed by atoms with Crippen molar-refractivity contribution in [2.45, 2.75) is 50.2 Å². The number of rotatable bonds is 5. The number of nitrogens with zero attached hydrogens (tertiary/aromatic N) is 1. The lowest BCUT2D eigenvalue weighted by atomic mass is 10.0. The van der Waals surface area contributed by atoms with Gasteiger partial charge in [0.2, 0.25) is 10.0 Å². The summed E-state index contributed by atoms with van der Waals surface area (Å²) in [6.07, 6.45) is 2.33. The minimum absolute atomic E-state index is 0.169. The van der Waals surface area contributed by atoms with Crippen molar-refractivity contribution in [3.05, 3.63) is 18.0 Å². The quantitative estimate of drug-likeness (QED) is 0.849. The molecule has 7 heteroatoms. The molecule has 1 aromatic rings. The van der Waals surface area contributed by atoms with Gasteiger partial charge in [0.25, 0.3) is 0 Å². The molecule has 1 unspecified atom stereocenters. The van der Waals surface area contributed by atoms with E-state index in [9.17, 15) is 8.42 Å². The third kappa shape index (κ3) is 3.06. The van der Waals surface area contributed by atoms with Gasteiger partial charge in [-0.15, -0.1) is 0 Å². The van der Waals surface area contributed by atoms with Gasteiger partial charge in [0.15, 0.2) is 0 Å². The molecule has 0 radical (unpaired) electrons. The molecule has 0 amide bonds. The maximum absolute atomic E-state index is 12.5. The Kier molecular flexibility index (Phi) is 4.24. The number of nitrogens with two attached hydrogens (primary N) is 1. The zero-order valence-electron chi connectivity index (χ0n) is 12.2. The van der Waals surface area contributed by atoms with E-state index in [2.05, 4.69) is 4.72 Å². The number of ether oxygens (including phenoxy) is 1. The van der Waals surface area contributed by atoms with Crippen LogP contribution >= 0.6 is 0 Å². The van der Waals surface area contributed by atoms with E-state index in [0.717, 1.165) is 5.69 Å². The van der Waals surface area contributed by atoms with E-state index in [1.807, 2.05) is 25.3 Å². The molecular weight excluding hydrogens is 278 g/mol. The van der Waals surface area contributed by atoms with Crippen LogP contribution in [-0.4, -0.2) is 31.7 Å². The Hall–Kier alpha value is -0.890. The van der Waals surface area contributed by atoms with Gasteiger partial charge in [0.05, 0.1) is 17.0 Å². The molecule has 114 valence electrons. The van der Waals surface area contributed by atoms with Crippen LogP contribution in [0.1, 0.15) is 38.9 Å². The third-order valence-corrected chi connectivity index (χ3v) is 5.19. The van der Waals surface area contributed by atoms with Gasteiger partial charge >= 0.3 is 0 Å². The van der Waals surface area contributed by atoms with Gasteiger partial charge in [-0.3, -0.25) is 0 Å². The SMILES string of the molecule is CC(C)n1cc(S(=O)(=O)NC2(C)CCOC2)cc1CN. The van der Waals surface area contributed by atoms with E-state index < -0.39 is 15.6 Å². The molecule has 1 aliphatic rings. The van der Waals surface area contributed by atoms with Crippen LogP contribution in [-0.2, 0) is 21.3 Å². The van der Waals surface area contributed by atoms with Crippen LogP contribution in [0.25, 0.3) is 0 Å². The van der Waals surface area contributed by atoms with Crippen LogP contribution in [0.3, 0.4) is 0 Å². The van der Waals surface area contributed by atoms with Gasteiger partial charge < -0.3 is 15.0 Å². The first-order chi connectivity index (χ1) is 9.27. The molecule has 0 aromatic carbocycles. The summed E-state index contributed by atoms with van der Waals surface area (Å²) in [5, 5.41) is 0. The number of hydrogen-bond acceptors (Lipinski definition) is 4. The maximum atomic E-state index is 12.5. The molecule has 1 saturated heterocycles. The lowest BCUT2D eigenvalue weighted by Crippen LogP contribution is -2.46. The second kappa shape index (κ2) is 5.48.